The van der Waals surface area contributed by atoms with E-state index in [-0.39, 0.29) is 0 Å². The zero-order chi connectivity index (χ0) is 16.5. The topological polar surface area (TPSA) is 53.6 Å². The minimum absolute atomic E-state index is 0.341. The Kier molecular flexibility index (Phi) is 7.42. The second-order valence-electron chi connectivity index (χ2n) is 4.39. The molecule has 5 nitrogen and oxygen atoms in total. The highest BCUT2D eigenvalue weighted by Crippen LogP contribution is 2.18. The van der Waals surface area contributed by atoms with Crippen molar-refractivity contribution < 1.29 is 9.53 Å². The van der Waals surface area contributed by atoms with Gasteiger partial charge in [-0.15, -0.1) is 6.58 Å². The predicted octanol–water partition coefficient (Wildman–Crippen LogP) is 3.34. The van der Waals surface area contributed by atoms with Crippen LogP contribution in [0.1, 0.15) is 0 Å². The molecule has 0 bridgehead atoms. The third-order valence-corrected chi connectivity index (χ3v) is 2.98. The number of amides is 1. The van der Waals surface area contributed by atoms with Gasteiger partial charge in [-0.2, -0.15) is 0 Å². The summed E-state index contributed by atoms with van der Waals surface area (Å²) in [4.78, 5) is 13.2. The molecular weight excluding hydrogens is 322 g/mol. The van der Waals surface area contributed by atoms with Gasteiger partial charge in [0.1, 0.15) is 5.75 Å². The number of nitrogens with zero attached hydrogens (tertiary/aromatic N) is 1. The smallest absolute Gasteiger partial charge is 0.410 e. The number of carbonyl (C=O) groups is 1. The first-order chi connectivity index (χ1) is 10.4. The summed E-state index contributed by atoms with van der Waals surface area (Å²) < 4.78 is 5.13. The zero-order valence-corrected chi connectivity index (χ0v) is 13.8. The Labute approximate surface area is 140 Å². The van der Waals surface area contributed by atoms with Crippen LogP contribution in [-0.4, -0.2) is 36.2 Å². The molecular formula is C15H18ClN3O2S. The molecule has 0 radical (unpaired) electrons. The van der Waals surface area contributed by atoms with E-state index in [1.165, 1.54) is 0 Å². The molecule has 0 fully saturated rings. The fraction of sp³-hybridized carbons (Fsp3) is 0.200. The van der Waals surface area contributed by atoms with E-state index in [0.29, 0.717) is 34.7 Å². The first-order valence-electron chi connectivity index (χ1n) is 6.44. The van der Waals surface area contributed by atoms with Gasteiger partial charge in [0.2, 0.25) is 0 Å². The third-order valence-electron chi connectivity index (χ3n) is 2.44. The van der Waals surface area contributed by atoms with Crippen molar-refractivity contribution in [3.8, 4) is 5.75 Å². The number of thiocarbonyl (C=S) groups is 1. The molecule has 0 atom stereocenters. The molecule has 0 spiro atoms. The molecule has 0 saturated carbocycles. The lowest BCUT2D eigenvalue weighted by Crippen LogP contribution is -2.32. The van der Waals surface area contributed by atoms with Gasteiger partial charge in [-0.05, 0) is 24.4 Å². The van der Waals surface area contributed by atoms with Crippen molar-refractivity contribution in [1.29, 1.82) is 0 Å². The molecule has 2 N–H and O–H groups in total. The second-order valence-corrected chi connectivity index (χ2v) is 5.31. The summed E-state index contributed by atoms with van der Waals surface area (Å²) >= 11 is 11.0. The van der Waals surface area contributed by atoms with E-state index < -0.39 is 6.09 Å². The first-order valence-corrected chi connectivity index (χ1v) is 7.23. The zero-order valence-electron chi connectivity index (χ0n) is 12.3. The van der Waals surface area contributed by atoms with Gasteiger partial charge >= 0.3 is 6.09 Å². The van der Waals surface area contributed by atoms with E-state index in [1.54, 1.807) is 36.2 Å². The summed E-state index contributed by atoms with van der Waals surface area (Å²) in [5.74, 6) is 0.402. The van der Waals surface area contributed by atoms with Crippen LogP contribution >= 0.6 is 23.8 Å². The summed E-state index contributed by atoms with van der Waals surface area (Å²) in [7, 11) is 1.80. The molecule has 0 aliphatic heterocycles. The molecule has 7 heteroatoms. The SMILES string of the molecule is C=CCNC(=O)Oc1cccc(NC(=S)N(C)CC(=C)Cl)c1. The number of carbonyl (C=O) groups excluding carboxylic acids is 1. The van der Waals surface area contributed by atoms with Gasteiger partial charge in [-0.25, -0.2) is 4.79 Å². The van der Waals surface area contributed by atoms with Gasteiger partial charge in [0, 0.05) is 30.4 Å². The summed E-state index contributed by atoms with van der Waals surface area (Å²) in [5, 5.41) is 6.53. The molecule has 118 valence electrons. The highest BCUT2D eigenvalue weighted by Gasteiger charge is 2.07. The van der Waals surface area contributed by atoms with Gasteiger partial charge in [0.25, 0.3) is 0 Å². The minimum atomic E-state index is -0.546. The summed E-state index contributed by atoms with van der Waals surface area (Å²) in [6.45, 7) is 7.91. The maximum absolute atomic E-state index is 11.5. The van der Waals surface area contributed by atoms with Crippen LogP contribution in [0, 0.1) is 0 Å². The highest BCUT2D eigenvalue weighted by molar-refractivity contribution is 7.80. The van der Waals surface area contributed by atoms with Crippen LogP contribution in [-0.2, 0) is 0 Å². The van der Waals surface area contributed by atoms with E-state index in [9.17, 15) is 4.79 Å². The lowest BCUT2D eigenvalue weighted by Gasteiger charge is -2.20. The average Bonchev–Trinajstić information content (AvgIpc) is 2.44. The number of anilines is 1. The number of halogens is 1. The first kappa shape index (κ1) is 18.0. The van der Waals surface area contributed by atoms with Gasteiger partial charge in [-0.1, -0.05) is 30.3 Å². The fourth-order valence-electron chi connectivity index (χ4n) is 1.48. The number of benzene rings is 1. The van der Waals surface area contributed by atoms with Crippen LogP contribution in [0.25, 0.3) is 0 Å². The highest BCUT2D eigenvalue weighted by atomic mass is 35.5. The van der Waals surface area contributed by atoms with Crippen molar-refractivity contribution >= 4 is 40.7 Å². The van der Waals surface area contributed by atoms with Gasteiger partial charge < -0.3 is 20.3 Å². The Hall–Kier alpha value is -2.05. The predicted molar refractivity (Wildman–Crippen MR) is 94.5 cm³/mol. The number of rotatable bonds is 6. The Morgan fingerprint density at radius 1 is 1.55 bits per heavy atom. The molecule has 0 aliphatic rings. The minimum Gasteiger partial charge on any atom is -0.410 e. The van der Waals surface area contributed by atoms with Crippen molar-refractivity contribution in [3.05, 3.63) is 48.5 Å². The molecule has 0 unspecified atom stereocenters. The van der Waals surface area contributed by atoms with Crippen molar-refractivity contribution in [1.82, 2.24) is 10.2 Å². The van der Waals surface area contributed by atoms with Gasteiger partial charge in [0.15, 0.2) is 5.11 Å². The van der Waals surface area contributed by atoms with Crippen molar-refractivity contribution in [2.24, 2.45) is 0 Å². The van der Waals surface area contributed by atoms with Crippen molar-refractivity contribution in [2.45, 2.75) is 0 Å². The Bertz CT molecular complexity index is 578. The summed E-state index contributed by atoms with van der Waals surface area (Å²) in [5.41, 5.74) is 0.700. The second kappa shape index (κ2) is 9.07. The Morgan fingerprint density at radius 3 is 2.91 bits per heavy atom. The standard InChI is InChI=1S/C15H18ClN3O2S/c1-4-8-17-15(20)21-13-7-5-6-12(9-13)18-14(22)19(3)10-11(2)16/h4-7,9H,1-2,8,10H2,3H3,(H,17,20)(H,18,22). The number of hydrogen-bond donors (Lipinski definition) is 2. The van der Waals surface area contributed by atoms with Crippen LogP contribution < -0.4 is 15.4 Å². The molecule has 1 aromatic rings. The molecule has 0 heterocycles. The van der Waals surface area contributed by atoms with E-state index >= 15 is 0 Å². The van der Waals surface area contributed by atoms with Crippen LogP contribution in [0.4, 0.5) is 10.5 Å². The summed E-state index contributed by atoms with van der Waals surface area (Å²) in [6.07, 6.45) is 1.02. The maximum atomic E-state index is 11.5. The largest absolute Gasteiger partial charge is 0.412 e. The molecule has 0 saturated heterocycles. The van der Waals surface area contributed by atoms with Crippen molar-refractivity contribution in [3.63, 3.8) is 0 Å². The number of hydrogen-bond acceptors (Lipinski definition) is 3. The molecule has 1 amide bonds. The van der Waals surface area contributed by atoms with Crippen LogP contribution in [0.3, 0.4) is 0 Å². The maximum Gasteiger partial charge on any atom is 0.412 e. The lowest BCUT2D eigenvalue weighted by atomic mass is 10.3. The van der Waals surface area contributed by atoms with E-state index in [0.717, 1.165) is 0 Å². The van der Waals surface area contributed by atoms with Gasteiger partial charge in [0.05, 0.1) is 6.54 Å². The number of ether oxygens (including phenoxy) is 1. The van der Waals surface area contributed by atoms with Gasteiger partial charge in [-0.3, -0.25) is 0 Å². The molecule has 0 aromatic heterocycles. The molecule has 1 rings (SSSR count). The van der Waals surface area contributed by atoms with E-state index in [1.807, 2.05) is 6.07 Å². The molecule has 1 aromatic carbocycles. The lowest BCUT2D eigenvalue weighted by molar-refractivity contribution is 0.201. The summed E-state index contributed by atoms with van der Waals surface area (Å²) in [6, 6.07) is 6.90. The average molecular weight is 340 g/mol. The van der Waals surface area contributed by atoms with Crippen LogP contribution in [0.2, 0.25) is 0 Å². The Balaban J connectivity index is 2.63. The molecule has 22 heavy (non-hydrogen) atoms. The van der Waals surface area contributed by atoms with Crippen molar-refractivity contribution in [2.75, 3.05) is 25.5 Å². The number of nitrogens with one attached hydrogen (secondary N) is 2. The Morgan fingerprint density at radius 2 is 2.27 bits per heavy atom. The van der Waals surface area contributed by atoms with E-state index in [4.69, 9.17) is 28.6 Å². The number of likely N-dealkylation sites (N-methyl/N-ethyl adjacent to an activating group) is 1. The van der Waals surface area contributed by atoms with E-state index in [2.05, 4.69) is 23.8 Å². The normalized spacial score (nSPS) is 9.55. The third kappa shape index (κ3) is 6.60. The van der Waals surface area contributed by atoms with Crippen LogP contribution in [0.5, 0.6) is 5.75 Å². The fourth-order valence-corrected chi connectivity index (χ4v) is 1.85. The molecule has 0 aliphatic carbocycles. The van der Waals surface area contributed by atoms with Crippen LogP contribution in [0.15, 0.2) is 48.5 Å². The monoisotopic (exact) mass is 339 g/mol. The quantitative estimate of drug-likeness (QED) is 0.615.